The van der Waals surface area contributed by atoms with E-state index in [2.05, 4.69) is 73.0 Å². The summed E-state index contributed by atoms with van der Waals surface area (Å²) in [6, 6.07) is 20.8. The minimum absolute atomic E-state index is 0.920. The van der Waals surface area contributed by atoms with E-state index in [4.69, 9.17) is 4.42 Å². The van der Waals surface area contributed by atoms with Gasteiger partial charge in [-0.15, -0.1) is 0 Å². The molecule has 0 fully saturated rings. The summed E-state index contributed by atoms with van der Waals surface area (Å²) in [6.07, 6.45) is 4.01. The Hall–Kier alpha value is -3.46. The molecule has 28 heavy (non-hydrogen) atoms. The van der Waals surface area contributed by atoms with Crippen molar-refractivity contribution in [1.82, 2.24) is 4.98 Å². The summed E-state index contributed by atoms with van der Waals surface area (Å²) in [5.41, 5.74) is 8.62. The van der Waals surface area contributed by atoms with Gasteiger partial charge in [-0.05, 0) is 37.6 Å². The second-order valence-electron chi connectivity index (χ2n) is 7.31. The van der Waals surface area contributed by atoms with Crippen LogP contribution in [0.25, 0.3) is 44.5 Å². The molecule has 3 heterocycles. The third-order valence-corrected chi connectivity index (χ3v) is 5.43. The molecule has 0 aliphatic heterocycles. The number of benzene rings is 2. The maximum Gasteiger partial charge on any atom is 0.217 e. The van der Waals surface area contributed by atoms with Gasteiger partial charge in [0.05, 0.1) is 11.3 Å². The lowest BCUT2D eigenvalue weighted by atomic mass is 9.97. The number of furan rings is 1. The quantitative estimate of drug-likeness (QED) is 0.373. The van der Waals surface area contributed by atoms with Gasteiger partial charge in [-0.25, -0.2) is 4.57 Å². The molecule has 0 amide bonds. The Kier molecular flexibility index (Phi) is 3.76. The predicted molar refractivity (Wildman–Crippen MR) is 113 cm³/mol. The topological polar surface area (TPSA) is 29.9 Å². The highest BCUT2D eigenvalue weighted by Crippen LogP contribution is 2.37. The second kappa shape index (κ2) is 6.31. The van der Waals surface area contributed by atoms with E-state index in [0.717, 1.165) is 44.5 Å². The molecule has 136 valence electrons. The fraction of sp³-hybridized carbons (Fsp3) is 0.120. The van der Waals surface area contributed by atoms with Crippen LogP contribution in [0.15, 0.2) is 77.5 Å². The Labute approximate surface area is 163 Å². The van der Waals surface area contributed by atoms with Crippen molar-refractivity contribution in [3.63, 3.8) is 0 Å². The summed E-state index contributed by atoms with van der Waals surface area (Å²) in [4.78, 5) is 4.56. The van der Waals surface area contributed by atoms with Crippen LogP contribution in [0.5, 0.6) is 0 Å². The van der Waals surface area contributed by atoms with Crippen molar-refractivity contribution < 1.29 is 8.98 Å². The zero-order valence-corrected chi connectivity index (χ0v) is 16.2. The van der Waals surface area contributed by atoms with Crippen LogP contribution < -0.4 is 4.57 Å². The van der Waals surface area contributed by atoms with Crippen molar-refractivity contribution in [3.05, 3.63) is 84.2 Å². The van der Waals surface area contributed by atoms with Gasteiger partial charge in [0.1, 0.15) is 18.2 Å². The SMILES string of the molecule is Cc1c[n+](C)c(-c2c(C)ccc3c2oc2ccccc23)cc1-c1ccccn1. The number of para-hydroxylation sites is 1. The first-order valence-corrected chi connectivity index (χ1v) is 9.46. The van der Waals surface area contributed by atoms with Gasteiger partial charge in [0.15, 0.2) is 6.20 Å². The Morgan fingerprint density at radius 3 is 2.50 bits per heavy atom. The van der Waals surface area contributed by atoms with Crippen LogP contribution in [0.4, 0.5) is 0 Å². The number of pyridine rings is 2. The summed E-state index contributed by atoms with van der Waals surface area (Å²) in [7, 11) is 2.09. The Bertz CT molecular complexity index is 1330. The number of aromatic nitrogens is 2. The number of rotatable bonds is 2. The largest absolute Gasteiger partial charge is 0.455 e. The molecule has 3 nitrogen and oxygen atoms in total. The van der Waals surface area contributed by atoms with Gasteiger partial charge < -0.3 is 4.42 Å². The van der Waals surface area contributed by atoms with Crippen LogP contribution in [0.2, 0.25) is 0 Å². The van der Waals surface area contributed by atoms with Gasteiger partial charge in [0, 0.05) is 34.2 Å². The molecule has 0 bridgehead atoms. The summed E-state index contributed by atoms with van der Waals surface area (Å²) < 4.78 is 8.50. The van der Waals surface area contributed by atoms with Gasteiger partial charge in [-0.2, -0.15) is 0 Å². The van der Waals surface area contributed by atoms with E-state index < -0.39 is 0 Å². The fourth-order valence-corrected chi connectivity index (χ4v) is 4.03. The third-order valence-electron chi connectivity index (χ3n) is 5.43. The first-order valence-electron chi connectivity index (χ1n) is 9.46. The average molecular weight is 365 g/mol. The molecule has 2 aromatic carbocycles. The monoisotopic (exact) mass is 365 g/mol. The van der Waals surface area contributed by atoms with Crippen molar-refractivity contribution in [3.8, 4) is 22.5 Å². The van der Waals surface area contributed by atoms with Crippen LogP contribution in [-0.4, -0.2) is 4.98 Å². The van der Waals surface area contributed by atoms with E-state index in [9.17, 15) is 0 Å². The Balaban J connectivity index is 1.84. The van der Waals surface area contributed by atoms with Crippen molar-refractivity contribution in [2.75, 3.05) is 0 Å². The molecule has 0 saturated heterocycles. The first kappa shape index (κ1) is 16.7. The third kappa shape index (κ3) is 2.51. The van der Waals surface area contributed by atoms with Gasteiger partial charge >= 0.3 is 0 Å². The summed E-state index contributed by atoms with van der Waals surface area (Å²) in [6.45, 7) is 4.27. The first-order chi connectivity index (χ1) is 13.6. The highest BCUT2D eigenvalue weighted by atomic mass is 16.3. The summed E-state index contributed by atoms with van der Waals surface area (Å²) in [5.74, 6) is 0. The molecule has 3 heteroatoms. The van der Waals surface area contributed by atoms with Crippen LogP contribution in [0, 0.1) is 13.8 Å². The van der Waals surface area contributed by atoms with E-state index >= 15 is 0 Å². The van der Waals surface area contributed by atoms with Crippen molar-refractivity contribution >= 4 is 21.9 Å². The van der Waals surface area contributed by atoms with Crippen LogP contribution in [0.3, 0.4) is 0 Å². The molecular formula is C25H21N2O+. The van der Waals surface area contributed by atoms with E-state index in [1.807, 2.05) is 30.5 Å². The normalized spacial score (nSPS) is 11.4. The number of fused-ring (bicyclic) bond motifs is 3. The van der Waals surface area contributed by atoms with Gasteiger partial charge in [-0.1, -0.05) is 36.4 Å². The van der Waals surface area contributed by atoms with Crippen molar-refractivity contribution in [2.45, 2.75) is 13.8 Å². The molecular weight excluding hydrogens is 344 g/mol. The molecule has 3 aromatic heterocycles. The van der Waals surface area contributed by atoms with Gasteiger partial charge in [0.25, 0.3) is 0 Å². The van der Waals surface area contributed by atoms with E-state index in [1.165, 1.54) is 11.1 Å². The van der Waals surface area contributed by atoms with E-state index in [1.54, 1.807) is 0 Å². The van der Waals surface area contributed by atoms with E-state index in [0.29, 0.717) is 0 Å². The van der Waals surface area contributed by atoms with Crippen molar-refractivity contribution in [2.24, 2.45) is 7.05 Å². The minimum Gasteiger partial charge on any atom is -0.455 e. The fourth-order valence-electron chi connectivity index (χ4n) is 4.03. The number of hydrogen-bond donors (Lipinski definition) is 0. The zero-order valence-electron chi connectivity index (χ0n) is 16.2. The molecule has 0 spiro atoms. The van der Waals surface area contributed by atoms with Crippen LogP contribution in [-0.2, 0) is 7.05 Å². The lowest BCUT2D eigenvalue weighted by Gasteiger charge is -2.10. The molecule has 0 aliphatic rings. The smallest absolute Gasteiger partial charge is 0.217 e. The molecule has 5 aromatic rings. The molecule has 5 rings (SSSR count). The van der Waals surface area contributed by atoms with Gasteiger partial charge in [-0.3, -0.25) is 4.98 Å². The zero-order chi connectivity index (χ0) is 19.3. The average Bonchev–Trinajstić information content (AvgIpc) is 3.08. The Morgan fingerprint density at radius 2 is 1.68 bits per heavy atom. The predicted octanol–water partition coefficient (Wildman–Crippen LogP) is 5.76. The van der Waals surface area contributed by atoms with Gasteiger partial charge in [0.2, 0.25) is 5.69 Å². The molecule has 0 unspecified atom stereocenters. The maximum atomic E-state index is 6.32. The summed E-state index contributed by atoms with van der Waals surface area (Å²) in [5, 5.41) is 2.30. The van der Waals surface area contributed by atoms with Crippen molar-refractivity contribution in [1.29, 1.82) is 0 Å². The molecule has 0 radical (unpaired) electrons. The standard InChI is InChI=1S/C25H21N2O/c1-16-11-12-19-18-8-4-5-10-23(18)28-25(19)24(16)22-14-20(17(2)15-27(22)3)21-9-6-7-13-26-21/h4-15H,1-3H3/q+1. The molecule has 0 N–H and O–H groups in total. The minimum atomic E-state index is 0.920. The molecule has 0 saturated carbocycles. The number of nitrogens with zero attached hydrogens (tertiary/aromatic N) is 2. The van der Waals surface area contributed by atoms with E-state index in [-0.39, 0.29) is 0 Å². The Morgan fingerprint density at radius 1 is 0.857 bits per heavy atom. The summed E-state index contributed by atoms with van der Waals surface area (Å²) >= 11 is 0. The van der Waals surface area contributed by atoms with Crippen LogP contribution >= 0.6 is 0 Å². The lowest BCUT2D eigenvalue weighted by Crippen LogP contribution is -2.31. The lowest BCUT2D eigenvalue weighted by molar-refractivity contribution is -0.660. The highest BCUT2D eigenvalue weighted by molar-refractivity contribution is 6.09. The second-order valence-corrected chi connectivity index (χ2v) is 7.31. The number of aryl methyl sites for hydroxylation is 3. The van der Waals surface area contributed by atoms with Crippen LogP contribution in [0.1, 0.15) is 11.1 Å². The molecule has 0 aliphatic carbocycles. The molecule has 0 atom stereocenters. The number of hydrogen-bond acceptors (Lipinski definition) is 2. The highest BCUT2D eigenvalue weighted by Gasteiger charge is 2.22. The maximum absolute atomic E-state index is 6.32.